The zero-order chi connectivity index (χ0) is 9.26. The van der Waals surface area contributed by atoms with Crippen LogP contribution in [0.1, 0.15) is 36.7 Å². The minimum atomic E-state index is -0.290. The van der Waals surface area contributed by atoms with Crippen molar-refractivity contribution in [3.63, 3.8) is 0 Å². The van der Waals surface area contributed by atoms with Crippen molar-refractivity contribution < 1.29 is 4.39 Å². The summed E-state index contributed by atoms with van der Waals surface area (Å²) < 4.78 is 13.2. The number of hydrogen-bond donors (Lipinski definition) is 1. The van der Waals surface area contributed by atoms with Gasteiger partial charge < -0.3 is 5.73 Å². The number of hydrogen-bond acceptors (Lipinski definition) is 3. The van der Waals surface area contributed by atoms with E-state index in [4.69, 9.17) is 5.73 Å². The van der Waals surface area contributed by atoms with Crippen molar-refractivity contribution in [3.05, 3.63) is 23.5 Å². The lowest BCUT2D eigenvalue weighted by molar-refractivity contribution is 0.391. The Hall–Kier alpha value is -1.03. The zero-order valence-corrected chi connectivity index (χ0v) is 7.33. The van der Waals surface area contributed by atoms with Gasteiger partial charge >= 0.3 is 0 Å². The van der Waals surface area contributed by atoms with Crippen LogP contribution in [0.2, 0.25) is 0 Å². The average molecular weight is 181 g/mol. The minimum Gasteiger partial charge on any atom is -0.324 e. The molecule has 1 aromatic heterocycles. The van der Waals surface area contributed by atoms with Crippen molar-refractivity contribution in [1.82, 2.24) is 9.97 Å². The first-order chi connectivity index (χ1) is 6.31. The number of rotatable bonds is 2. The highest BCUT2D eigenvalue weighted by Crippen LogP contribution is 2.36. The molecule has 4 heteroatoms. The summed E-state index contributed by atoms with van der Waals surface area (Å²) in [6.45, 7) is 0.278. The van der Waals surface area contributed by atoms with Crippen LogP contribution in [0, 0.1) is 5.82 Å². The average Bonchev–Trinajstić information content (AvgIpc) is 2.06. The molecule has 2 N–H and O–H groups in total. The van der Waals surface area contributed by atoms with Gasteiger partial charge in [0.15, 0.2) is 5.82 Å². The maximum atomic E-state index is 13.2. The van der Waals surface area contributed by atoms with Crippen molar-refractivity contribution in [2.24, 2.45) is 5.73 Å². The van der Waals surface area contributed by atoms with E-state index >= 15 is 0 Å². The predicted octanol–water partition coefficient (Wildman–Crippen LogP) is 1.34. The highest BCUT2D eigenvalue weighted by atomic mass is 19.1. The van der Waals surface area contributed by atoms with Crippen LogP contribution in [0.15, 0.2) is 6.20 Å². The van der Waals surface area contributed by atoms with Crippen molar-refractivity contribution in [2.75, 3.05) is 0 Å². The molecule has 2 rings (SSSR count). The van der Waals surface area contributed by atoms with Gasteiger partial charge in [-0.15, -0.1) is 0 Å². The van der Waals surface area contributed by atoms with E-state index in [1.165, 1.54) is 12.6 Å². The second-order valence-electron chi connectivity index (χ2n) is 3.35. The molecule has 0 unspecified atom stereocenters. The van der Waals surface area contributed by atoms with E-state index in [2.05, 4.69) is 9.97 Å². The van der Waals surface area contributed by atoms with Gasteiger partial charge in [0, 0.05) is 5.92 Å². The molecule has 0 saturated heterocycles. The van der Waals surface area contributed by atoms with Crippen LogP contribution in [0.5, 0.6) is 0 Å². The Bertz CT molecular complexity index is 310. The third-order valence-corrected chi connectivity index (χ3v) is 2.50. The first-order valence-electron chi connectivity index (χ1n) is 4.52. The van der Waals surface area contributed by atoms with Gasteiger partial charge in [0.05, 0.1) is 18.4 Å². The van der Waals surface area contributed by atoms with Crippen LogP contribution in [-0.2, 0) is 6.54 Å². The topological polar surface area (TPSA) is 51.8 Å². The summed E-state index contributed by atoms with van der Waals surface area (Å²) in [5.41, 5.74) is 5.94. The minimum absolute atomic E-state index is 0.278. The van der Waals surface area contributed by atoms with Gasteiger partial charge in [0.25, 0.3) is 0 Å². The van der Waals surface area contributed by atoms with E-state index in [0.717, 1.165) is 12.8 Å². The first kappa shape index (κ1) is 8.56. The molecule has 0 radical (unpaired) electrons. The van der Waals surface area contributed by atoms with Crippen molar-refractivity contribution in [3.8, 4) is 0 Å². The third-order valence-electron chi connectivity index (χ3n) is 2.50. The molecular formula is C9H12FN3. The van der Waals surface area contributed by atoms with E-state index in [1.807, 2.05) is 0 Å². The summed E-state index contributed by atoms with van der Waals surface area (Å²) in [7, 11) is 0. The van der Waals surface area contributed by atoms with Crippen molar-refractivity contribution in [2.45, 2.75) is 31.7 Å². The molecule has 70 valence electrons. The highest BCUT2D eigenvalue weighted by molar-refractivity contribution is 5.13. The number of aromatic nitrogens is 2. The summed E-state index contributed by atoms with van der Waals surface area (Å²) in [6, 6.07) is 0. The Morgan fingerprint density at radius 2 is 2.31 bits per heavy atom. The molecule has 0 spiro atoms. The quantitative estimate of drug-likeness (QED) is 0.749. The standard InChI is InChI=1S/C9H12FN3/c10-7-5-12-8(4-11)13-9(7)6-2-1-3-6/h5-6H,1-4,11H2. The summed E-state index contributed by atoms with van der Waals surface area (Å²) in [5, 5.41) is 0. The van der Waals surface area contributed by atoms with Gasteiger partial charge in [-0.25, -0.2) is 14.4 Å². The number of halogens is 1. The molecule has 1 aliphatic carbocycles. The fraction of sp³-hybridized carbons (Fsp3) is 0.556. The predicted molar refractivity (Wildman–Crippen MR) is 46.5 cm³/mol. The first-order valence-corrected chi connectivity index (χ1v) is 4.52. The molecule has 13 heavy (non-hydrogen) atoms. The van der Waals surface area contributed by atoms with Gasteiger partial charge in [-0.05, 0) is 12.8 Å². The van der Waals surface area contributed by atoms with Crippen molar-refractivity contribution >= 4 is 0 Å². The fourth-order valence-electron chi connectivity index (χ4n) is 1.48. The second-order valence-corrected chi connectivity index (χ2v) is 3.35. The van der Waals surface area contributed by atoms with Crippen LogP contribution in [-0.4, -0.2) is 9.97 Å². The third kappa shape index (κ3) is 1.54. The summed E-state index contributed by atoms with van der Waals surface area (Å²) in [4.78, 5) is 7.89. The van der Waals surface area contributed by atoms with Gasteiger partial charge in [-0.2, -0.15) is 0 Å². The fourth-order valence-corrected chi connectivity index (χ4v) is 1.48. The van der Waals surface area contributed by atoms with E-state index in [9.17, 15) is 4.39 Å². The lowest BCUT2D eigenvalue weighted by atomic mass is 9.82. The van der Waals surface area contributed by atoms with Crippen LogP contribution < -0.4 is 5.73 Å². The van der Waals surface area contributed by atoms with Crippen LogP contribution in [0.25, 0.3) is 0 Å². The Balaban J connectivity index is 2.30. The van der Waals surface area contributed by atoms with E-state index in [1.54, 1.807) is 0 Å². The SMILES string of the molecule is NCc1ncc(F)c(C2CCC2)n1. The maximum absolute atomic E-state index is 13.2. The Morgan fingerprint density at radius 3 is 2.85 bits per heavy atom. The van der Waals surface area contributed by atoms with Crippen LogP contribution in [0.4, 0.5) is 4.39 Å². The monoisotopic (exact) mass is 181 g/mol. The Morgan fingerprint density at radius 1 is 1.54 bits per heavy atom. The highest BCUT2D eigenvalue weighted by Gasteiger charge is 2.24. The largest absolute Gasteiger partial charge is 0.324 e. The molecule has 1 fully saturated rings. The molecule has 3 nitrogen and oxygen atoms in total. The summed E-state index contributed by atoms with van der Waals surface area (Å²) in [5.74, 6) is 0.540. The lowest BCUT2D eigenvalue weighted by Gasteiger charge is -2.24. The zero-order valence-electron chi connectivity index (χ0n) is 7.33. The van der Waals surface area contributed by atoms with Gasteiger partial charge in [-0.3, -0.25) is 0 Å². The Labute approximate surface area is 76.2 Å². The Kier molecular flexibility index (Phi) is 2.22. The molecule has 0 bridgehead atoms. The number of nitrogens with two attached hydrogens (primary N) is 1. The smallest absolute Gasteiger partial charge is 0.163 e. The lowest BCUT2D eigenvalue weighted by Crippen LogP contribution is -2.15. The van der Waals surface area contributed by atoms with Crippen LogP contribution >= 0.6 is 0 Å². The summed E-state index contributed by atoms with van der Waals surface area (Å²) in [6.07, 6.45) is 4.48. The number of nitrogens with zero attached hydrogens (tertiary/aromatic N) is 2. The molecule has 1 aliphatic rings. The molecular weight excluding hydrogens is 169 g/mol. The van der Waals surface area contributed by atoms with Crippen LogP contribution in [0.3, 0.4) is 0 Å². The van der Waals surface area contributed by atoms with Crippen molar-refractivity contribution in [1.29, 1.82) is 0 Å². The summed E-state index contributed by atoms with van der Waals surface area (Å²) >= 11 is 0. The molecule has 0 amide bonds. The molecule has 1 saturated carbocycles. The molecule has 0 aromatic carbocycles. The molecule has 0 aliphatic heterocycles. The second kappa shape index (κ2) is 3.38. The molecule has 1 heterocycles. The maximum Gasteiger partial charge on any atom is 0.163 e. The molecule has 0 atom stereocenters. The van der Waals surface area contributed by atoms with Gasteiger partial charge in [0.1, 0.15) is 5.82 Å². The normalized spacial score (nSPS) is 17.1. The van der Waals surface area contributed by atoms with Gasteiger partial charge in [-0.1, -0.05) is 6.42 Å². The van der Waals surface area contributed by atoms with Gasteiger partial charge in [0.2, 0.25) is 0 Å². The molecule has 1 aromatic rings. The van der Waals surface area contributed by atoms with E-state index in [-0.39, 0.29) is 12.4 Å². The van der Waals surface area contributed by atoms with E-state index in [0.29, 0.717) is 17.4 Å². The van der Waals surface area contributed by atoms with E-state index < -0.39 is 0 Å².